The Morgan fingerprint density at radius 1 is 1.50 bits per heavy atom. The molecular weight excluding hydrogens is 221 g/mol. The van der Waals surface area contributed by atoms with Gasteiger partial charge >= 0.3 is 0 Å². The van der Waals surface area contributed by atoms with Crippen LogP contribution in [0.5, 0.6) is 0 Å². The molecule has 1 heterocycles. The van der Waals surface area contributed by atoms with E-state index in [0.29, 0.717) is 23.4 Å². The van der Waals surface area contributed by atoms with E-state index in [1.807, 2.05) is 19.1 Å². The third kappa shape index (κ3) is 3.66. The number of nitrogens with zero attached hydrogens (tertiary/aromatic N) is 1. The lowest BCUT2D eigenvalue weighted by atomic mass is 10.3. The molecule has 0 aliphatic carbocycles. The van der Waals surface area contributed by atoms with Crippen LogP contribution in [-0.4, -0.2) is 11.6 Å². The number of hydrogen-bond acceptors (Lipinski definition) is 2. The molecule has 0 atom stereocenters. The maximum Gasteiger partial charge on any atom is 0.130 e. The molecule has 0 unspecified atom stereocenters. The van der Waals surface area contributed by atoms with E-state index in [2.05, 4.69) is 4.98 Å². The molecule has 0 amide bonds. The predicted molar refractivity (Wildman–Crippen MR) is 58.7 cm³/mol. The van der Waals surface area contributed by atoms with Crippen molar-refractivity contribution in [3.63, 3.8) is 0 Å². The van der Waals surface area contributed by atoms with Crippen LogP contribution < -0.4 is 0 Å². The summed E-state index contributed by atoms with van der Waals surface area (Å²) in [5.41, 5.74) is 0.848. The van der Waals surface area contributed by atoms with Crippen LogP contribution in [0, 0.1) is 0 Å². The molecule has 4 heteroatoms. The van der Waals surface area contributed by atoms with Gasteiger partial charge in [-0.1, -0.05) is 35.4 Å². The van der Waals surface area contributed by atoms with Crippen LogP contribution in [0.1, 0.15) is 12.5 Å². The number of rotatable bonds is 4. The van der Waals surface area contributed by atoms with Crippen LogP contribution in [0.25, 0.3) is 0 Å². The molecule has 0 aromatic carbocycles. The van der Waals surface area contributed by atoms with Gasteiger partial charge in [0.2, 0.25) is 0 Å². The Hall–Kier alpha value is -0.570. The van der Waals surface area contributed by atoms with Gasteiger partial charge in [0, 0.05) is 11.8 Å². The van der Waals surface area contributed by atoms with Crippen molar-refractivity contribution in [1.29, 1.82) is 0 Å². The Labute approximate surface area is 93.5 Å². The van der Waals surface area contributed by atoms with E-state index >= 15 is 0 Å². The van der Waals surface area contributed by atoms with Crippen LogP contribution in [0.3, 0.4) is 0 Å². The van der Waals surface area contributed by atoms with Crippen molar-refractivity contribution < 1.29 is 4.74 Å². The van der Waals surface area contributed by atoms with Gasteiger partial charge in [-0.2, -0.15) is 0 Å². The Balaban J connectivity index is 2.50. The van der Waals surface area contributed by atoms with Crippen LogP contribution in [0.4, 0.5) is 0 Å². The number of halogens is 2. The summed E-state index contributed by atoms with van der Waals surface area (Å²) < 4.78 is 5.33. The molecule has 1 aromatic heterocycles. The fraction of sp³-hybridized carbons (Fsp3) is 0.300. The molecule has 0 spiro atoms. The van der Waals surface area contributed by atoms with Gasteiger partial charge in [0.05, 0.1) is 18.2 Å². The van der Waals surface area contributed by atoms with Gasteiger partial charge in [0.25, 0.3) is 0 Å². The maximum atomic E-state index is 5.92. The van der Waals surface area contributed by atoms with E-state index in [-0.39, 0.29) is 0 Å². The van der Waals surface area contributed by atoms with Crippen LogP contribution in [0.15, 0.2) is 24.4 Å². The summed E-state index contributed by atoms with van der Waals surface area (Å²) in [7, 11) is 0. The highest BCUT2D eigenvalue weighted by Crippen LogP contribution is 2.19. The van der Waals surface area contributed by atoms with Gasteiger partial charge < -0.3 is 4.74 Å². The Kier molecular flexibility index (Phi) is 4.94. The topological polar surface area (TPSA) is 22.1 Å². The first kappa shape index (κ1) is 11.5. The predicted octanol–water partition coefficient (Wildman–Crippen LogP) is 3.48. The number of aromatic nitrogens is 1. The average molecular weight is 232 g/mol. The molecule has 2 nitrogen and oxygen atoms in total. The summed E-state index contributed by atoms with van der Waals surface area (Å²) in [5, 5.41) is 0.984. The molecule has 0 aliphatic rings. The molecule has 0 aliphatic heterocycles. The molecule has 76 valence electrons. The number of pyridine rings is 1. The Morgan fingerprint density at radius 3 is 2.93 bits per heavy atom. The minimum atomic E-state index is 0.396. The molecule has 1 aromatic rings. The summed E-state index contributed by atoms with van der Waals surface area (Å²) in [6.07, 6.45) is 5.49. The van der Waals surface area contributed by atoms with Crippen molar-refractivity contribution in [3.8, 4) is 0 Å². The van der Waals surface area contributed by atoms with E-state index in [4.69, 9.17) is 27.9 Å². The van der Waals surface area contributed by atoms with Crippen LogP contribution in [-0.2, 0) is 11.3 Å². The standard InChI is InChI=1S/C10H11Cl2NO/c1-2-3-4-14-7-8-6-13-10(12)5-9(8)11/h2-3,5-6H,4,7H2,1H3/b3-2+. The first-order valence-corrected chi connectivity index (χ1v) is 4.98. The largest absolute Gasteiger partial charge is 0.373 e. The fourth-order valence-corrected chi connectivity index (χ4v) is 1.30. The zero-order valence-corrected chi connectivity index (χ0v) is 9.35. The van der Waals surface area contributed by atoms with E-state index in [0.717, 1.165) is 5.56 Å². The fourth-order valence-electron chi connectivity index (χ4n) is 0.875. The van der Waals surface area contributed by atoms with Gasteiger partial charge in [-0.3, -0.25) is 0 Å². The number of allylic oxidation sites excluding steroid dienone is 1. The minimum absolute atomic E-state index is 0.396. The lowest BCUT2D eigenvalue weighted by Gasteiger charge is -2.03. The molecule has 0 fully saturated rings. The van der Waals surface area contributed by atoms with Crippen LogP contribution in [0.2, 0.25) is 10.2 Å². The summed E-state index contributed by atoms with van der Waals surface area (Å²) in [6, 6.07) is 1.61. The summed E-state index contributed by atoms with van der Waals surface area (Å²) in [4.78, 5) is 3.92. The third-order valence-electron chi connectivity index (χ3n) is 1.60. The lowest BCUT2D eigenvalue weighted by Crippen LogP contribution is -1.94. The van der Waals surface area contributed by atoms with Gasteiger partial charge in [-0.15, -0.1) is 0 Å². The lowest BCUT2D eigenvalue weighted by molar-refractivity contribution is 0.148. The number of hydrogen-bond donors (Lipinski definition) is 0. The summed E-state index contributed by atoms with van der Waals surface area (Å²) in [5.74, 6) is 0. The number of ether oxygens (including phenoxy) is 1. The highest BCUT2D eigenvalue weighted by atomic mass is 35.5. The van der Waals surface area contributed by atoms with Gasteiger partial charge in [0.15, 0.2) is 0 Å². The molecule has 0 N–H and O–H groups in total. The van der Waals surface area contributed by atoms with Crippen molar-refractivity contribution >= 4 is 23.2 Å². The highest BCUT2D eigenvalue weighted by molar-refractivity contribution is 6.34. The molecule has 14 heavy (non-hydrogen) atoms. The SMILES string of the molecule is C/C=C/COCc1cnc(Cl)cc1Cl. The van der Waals surface area contributed by atoms with E-state index < -0.39 is 0 Å². The molecular formula is C10H11Cl2NO. The van der Waals surface area contributed by atoms with Crippen molar-refractivity contribution in [2.75, 3.05) is 6.61 Å². The second kappa shape index (κ2) is 6.02. The summed E-state index contributed by atoms with van der Waals surface area (Å²) in [6.45, 7) is 2.98. The molecule has 0 saturated heterocycles. The molecule has 0 radical (unpaired) electrons. The first-order chi connectivity index (χ1) is 6.74. The third-order valence-corrected chi connectivity index (χ3v) is 2.16. The zero-order valence-electron chi connectivity index (χ0n) is 7.84. The zero-order chi connectivity index (χ0) is 10.4. The average Bonchev–Trinajstić information content (AvgIpc) is 2.15. The second-order valence-corrected chi connectivity index (χ2v) is 3.48. The van der Waals surface area contributed by atoms with Crippen LogP contribution >= 0.6 is 23.2 Å². The highest BCUT2D eigenvalue weighted by Gasteiger charge is 2.01. The summed E-state index contributed by atoms with van der Waals surface area (Å²) >= 11 is 11.6. The van der Waals surface area contributed by atoms with Crippen molar-refractivity contribution in [2.45, 2.75) is 13.5 Å². The molecule has 0 bridgehead atoms. The van der Waals surface area contributed by atoms with Gasteiger partial charge in [0.1, 0.15) is 5.15 Å². The smallest absolute Gasteiger partial charge is 0.130 e. The van der Waals surface area contributed by atoms with Gasteiger partial charge in [-0.05, 0) is 13.0 Å². The van der Waals surface area contributed by atoms with Crippen molar-refractivity contribution in [3.05, 3.63) is 40.2 Å². The van der Waals surface area contributed by atoms with Crippen molar-refractivity contribution in [1.82, 2.24) is 4.98 Å². The Morgan fingerprint density at radius 2 is 2.29 bits per heavy atom. The van der Waals surface area contributed by atoms with E-state index in [1.165, 1.54) is 0 Å². The normalized spacial score (nSPS) is 11.1. The van der Waals surface area contributed by atoms with E-state index in [1.54, 1.807) is 12.3 Å². The monoisotopic (exact) mass is 231 g/mol. The first-order valence-electron chi connectivity index (χ1n) is 4.23. The molecule has 1 rings (SSSR count). The molecule has 0 saturated carbocycles. The van der Waals surface area contributed by atoms with E-state index in [9.17, 15) is 0 Å². The second-order valence-electron chi connectivity index (χ2n) is 2.68. The van der Waals surface area contributed by atoms with Gasteiger partial charge in [-0.25, -0.2) is 4.98 Å². The maximum absolute atomic E-state index is 5.92. The minimum Gasteiger partial charge on any atom is -0.373 e. The quantitative estimate of drug-likeness (QED) is 0.450. The van der Waals surface area contributed by atoms with Crippen molar-refractivity contribution in [2.24, 2.45) is 0 Å². The Bertz CT molecular complexity index is 326.